The molecular formula is C20H20ClNO4. The van der Waals surface area contributed by atoms with Crippen molar-refractivity contribution in [2.45, 2.75) is 12.5 Å². The maximum Gasteiger partial charge on any atom is 0.407 e. The third kappa shape index (κ3) is 6.26. The lowest BCUT2D eigenvalue weighted by Crippen LogP contribution is -2.33. The van der Waals surface area contributed by atoms with Gasteiger partial charge in [0, 0.05) is 11.6 Å². The van der Waals surface area contributed by atoms with Gasteiger partial charge in [-0.05, 0) is 23.3 Å². The molecule has 0 saturated heterocycles. The van der Waals surface area contributed by atoms with Gasteiger partial charge in [0.2, 0.25) is 0 Å². The van der Waals surface area contributed by atoms with Gasteiger partial charge in [0.1, 0.15) is 13.2 Å². The first-order valence-corrected chi connectivity index (χ1v) is 8.45. The molecule has 6 heteroatoms. The van der Waals surface area contributed by atoms with Gasteiger partial charge in [-0.2, -0.15) is 0 Å². The zero-order chi connectivity index (χ0) is 18.8. The van der Waals surface area contributed by atoms with Crippen molar-refractivity contribution < 1.29 is 19.1 Å². The van der Waals surface area contributed by atoms with Crippen LogP contribution in [0, 0.1) is 0 Å². The zero-order valence-electron chi connectivity index (χ0n) is 14.2. The quantitative estimate of drug-likeness (QED) is 0.559. The Morgan fingerprint density at radius 2 is 1.88 bits per heavy atom. The van der Waals surface area contributed by atoms with Gasteiger partial charge in [0.15, 0.2) is 0 Å². The first-order valence-electron chi connectivity index (χ1n) is 8.07. The molecule has 1 atom stereocenters. The van der Waals surface area contributed by atoms with Crippen molar-refractivity contribution >= 4 is 23.7 Å². The summed E-state index contributed by atoms with van der Waals surface area (Å²) < 4.78 is 10.3. The number of alkyl carbamates (subject to hydrolysis) is 1. The summed E-state index contributed by atoms with van der Waals surface area (Å²) in [5, 5.41) is 3.09. The molecule has 136 valence electrons. The van der Waals surface area contributed by atoms with Crippen molar-refractivity contribution in [1.82, 2.24) is 5.32 Å². The molecule has 1 N–H and O–H groups in total. The van der Waals surface area contributed by atoms with Crippen LogP contribution in [-0.4, -0.2) is 25.2 Å². The van der Waals surface area contributed by atoms with Gasteiger partial charge in [-0.15, -0.1) is 0 Å². The van der Waals surface area contributed by atoms with Gasteiger partial charge in [0.05, 0.1) is 5.92 Å². The molecule has 0 radical (unpaired) electrons. The SMILES string of the molecule is C=CCOC(=O)[C@H](CNC(=O)OCc1ccccc1)c1cccc(Cl)c1. The molecule has 0 heterocycles. The summed E-state index contributed by atoms with van der Waals surface area (Å²) >= 11 is 6.00. The van der Waals surface area contributed by atoms with Crippen LogP contribution in [0.15, 0.2) is 67.3 Å². The van der Waals surface area contributed by atoms with E-state index in [1.54, 1.807) is 24.3 Å². The summed E-state index contributed by atoms with van der Waals surface area (Å²) in [6, 6.07) is 16.2. The molecule has 0 aliphatic carbocycles. The number of halogens is 1. The van der Waals surface area contributed by atoms with Crippen LogP contribution < -0.4 is 5.32 Å². The first-order chi connectivity index (χ1) is 12.6. The maximum atomic E-state index is 12.3. The zero-order valence-corrected chi connectivity index (χ0v) is 14.9. The van der Waals surface area contributed by atoms with Crippen LogP contribution in [0.4, 0.5) is 4.79 Å². The van der Waals surface area contributed by atoms with E-state index in [-0.39, 0.29) is 19.8 Å². The smallest absolute Gasteiger partial charge is 0.407 e. The van der Waals surface area contributed by atoms with Crippen molar-refractivity contribution in [3.8, 4) is 0 Å². The Kier molecular flexibility index (Phi) is 7.71. The Bertz CT molecular complexity index is 748. The number of hydrogen-bond acceptors (Lipinski definition) is 4. The van der Waals surface area contributed by atoms with Gasteiger partial charge >= 0.3 is 12.1 Å². The summed E-state index contributed by atoms with van der Waals surface area (Å²) in [7, 11) is 0. The molecule has 26 heavy (non-hydrogen) atoms. The molecule has 0 bridgehead atoms. The second-order valence-corrected chi connectivity index (χ2v) is 5.91. The minimum atomic E-state index is -0.696. The van der Waals surface area contributed by atoms with Gasteiger partial charge in [-0.1, -0.05) is 66.7 Å². The predicted molar refractivity (Wildman–Crippen MR) is 100.0 cm³/mol. The average molecular weight is 374 g/mol. The molecule has 0 spiro atoms. The minimum absolute atomic E-state index is 0.0317. The lowest BCUT2D eigenvalue weighted by Gasteiger charge is -2.17. The van der Waals surface area contributed by atoms with Crippen LogP contribution in [0.25, 0.3) is 0 Å². The van der Waals surface area contributed by atoms with E-state index >= 15 is 0 Å². The Morgan fingerprint density at radius 1 is 1.12 bits per heavy atom. The number of carbonyl (C=O) groups excluding carboxylic acids is 2. The predicted octanol–water partition coefficient (Wildman–Crippen LogP) is 4.08. The van der Waals surface area contributed by atoms with Crippen molar-refractivity contribution in [1.29, 1.82) is 0 Å². The normalized spacial score (nSPS) is 11.3. The Hall–Kier alpha value is -2.79. The molecule has 1 amide bonds. The largest absolute Gasteiger partial charge is 0.461 e. The van der Waals surface area contributed by atoms with Gasteiger partial charge in [-0.3, -0.25) is 4.79 Å². The van der Waals surface area contributed by atoms with Crippen LogP contribution in [0.5, 0.6) is 0 Å². The molecule has 2 aromatic carbocycles. The Labute approximate surface area is 157 Å². The summed E-state index contributed by atoms with van der Waals surface area (Å²) in [6.07, 6.45) is 0.867. The second kappa shape index (κ2) is 10.3. The highest BCUT2D eigenvalue weighted by Crippen LogP contribution is 2.21. The Balaban J connectivity index is 1.96. The van der Waals surface area contributed by atoms with Gasteiger partial charge in [0.25, 0.3) is 0 Å². The standard InChI is InChI=1S/C20H20ClNO4/c1-2-11-25-19(23)18(16-9-6-10-17(21)12-16)13-22-20(24)26-14-15-7-4-3-5-8-15/h2-10,12,18H,1,11,13-14H2,(H,22,24)/t18-/m1/s1. The molecule has 0 unspecified atom stereocenters. The minimum Gasteiger partial charge on any atom is -0.461 e. The van der Waals surface area contributed by atoms with E-state index in [0.717, 1.165) is 5.56 Å². The number of amides is 1. The summed E-state index contributed by atoms with van der Waals surface area (Å²) in [6.45, 7) is 3.79. The number of hydrogen-bond donors (Lipinski definition) is 1. The summed E-state index contributed by atoms with van der Waals surface area (Å²) in [4.78, 5) is 24.2. The average Bonchev–Trinajstić information content (AvgIpc) is 2.65. The molecule has 0 saturated carbocycles. The fourth-order valence-electron chi connectivity index (χ4n) is 2.26. The highest BCUT2D eigenvalue weighted by molar-refractivity contribution is 6.30. The highest BCUT2D eigenvalue weighted by Gasteiger charge is 2.23. The molecule has 5 nitrogen and oxygen atoms in total. The number of esters is 1. The fraction of sp³-hybridized carbons (Fsp3) is 0.200. The first kappa shape index (κ1) is 19.5. The maximum absolute atomic E-state index is 12.3. The van der Waals surface area contributed by atoms with E-state index in [9.17, 15) is 9.59 Å². The van der Waals surface area contributed by atoms with Crippen LogP contribution in [-0.2, 0) is 20.9 Å². The van der Waals surface area contributed by atoms with Crippen molar-refractivity contribution in [2.75, 3.05) is 13.2 Å². The molecule has 0 fully saturated rings. The summed E-state index contributed by atoms with van der Waals surface area (Å²) in [5.74, 6) is -1.17. The van der Waals surface area contributed by atoms with E-state index in [0.29, 0.717) is 10.6 Å². The van der Waals surface area contributed by atoms with Crippen molar-refractivity contribution in [2.24, 2.45) is 0 Å². The number of benzene rings is 2. The van der Waals surface area contributed by atoms with E-state index in [4.69, 9.17) is 21.1 Å². The Morgan fingerprint density at radius 3 is 2.58 bits per heavy atom. The van der Waals surface area contributed by atoms with E-state index in [2.05, 4.69) is 11.9 Å². The lowest BCUT2D eigenvalue weighted by atomic mass is 9.99. The fourth-order valence-corrected chi connectivity index (χ4v) is 2.46. The van der Waals surface area contributed by atoms with Crippen LogP contribution in [0.2, 0.25) is 5.02 Å². The monoisotopic (exact) mass is 373 g/mol. The number of carbonyl (C=O) groups is 2. The number of ether oxygens (including phenoxy) is 2. The van der Waals surface area contributed by atoms with E-state index < -0.39 is 18.0 Å². The van der Waals surface area contributed by atoms with E-state index in [1.807, 2.05) is 30.3 Å². The molecule has 0 aliphatic rings. The second-order valence-electron chi connectivity index (χ2n) is 5.47. The molecule has 2 aromatic rings. The molecular weight excluding hydrogens is 354 g/mol. The van der Waals surface area contributed by atoms with Crippen LogP contribution in [0.3, 0.4) is 0 Å². The molecule has 0 aliphatic heterocycles. The third-order valence-corrected chi connectivity index (χ3v) is 3.78. The van der Waals surface area contributed by atoms with E-state index in [1.165, 1.54) is 6.08 Å². The van der Waals surface area contributed by atoms with Crippen LogP contribution >= 0.6 is 11.6 Å². The summed E-state index contributed by atoms with van der Waals surface area (Å²) in [5.41, 5.74) is 1.52. The van der Waals surface area contributed by atoms with Crippen LogP contribution in [0.1, 0.15) is 17.0 Å². The van der Waals surface area contributed by atoms with Gasteiger partial charge in [-0.25, -0.2) is 4.79 Å². The molecule has 0 aromatic heterocycles. The molecule has 2 rings (SSSR count). The van der Waals surface area contributed by atoms with Crippen molar-refractivity contribution in [3.63, 3.8) is 0 Å². The number of nitrogens with one attached hydrogen (secondary N) is 1. The lowest BCUT2D eigenvalue weighted by molar-refractivity contribution is -0.144. The van der Waals surface area contributed by atoms with Gasteiger partial charge < -0.3 is 14.8 Å². The topological polar surface area (TPSA) is 64.6 Å². The highest BCUT2D eigenvalue weighted by atomic mass is 35.5. The number of rotatable bonds is 8. The third-order valence-electron chi connectivity index (χ3n) is 3.54. The van der Waals surface area contributed by atoms with Crippen molar-refractivity contribution in [3.05, 3.63) is 83.4 Å².